The molecular weight excluding hydrogens is 290 g/mol. The van der Waals surface area contributed by atoms with Crippen LogP contribution in [0.1, 0.15) is 29.3 Å². The van der Waals surface area contributed by atoms with E-state index in [4.69, 9.17) is 16.7 Å². The summed E-state index contributed by atoms with van der Waals surface area (Å²) in [6, 6.07) is 2.53. The summed E-state index contributed by atoms with van der Waals surface area (Å²) in [6.45, 7) is 3.68. The van der Waals surface area contributed by atoms with Gasteiger partial charge in [0.2, 0.25) is 10.0 Å². The zero-order chi connectivity index (χ0) is 14.8. The molecule has 1 aromatic rings. The van der Waals surface area contributed by atoms with Crippen molar-refractivity contribution in [3.8, 4) is 0 Å². The third-order valence-corrected chi connectivity index (χ3v) is 4.98. The lowest BCUT2D eigenvalue weighted by Crippen LogP contribution is -2.28. The first kappa shape index (κ1) is 15.9. The van der Waals surface area contributed by atoms with Gasteiger partial charge in [0, 0.05) is 18.6 Å². The molecule has 1 N–H and O–H groups in total. The van der Waals surface area contributed by atoms with Crippen molar-refractivity contribution in [3.05, 3.63) is 28.3 Å². The maximum atomic E-state index is 12.3. The number of hydrogen-bond donors (Lipinski definition) is 1. The van der Waals surface area contributed by atoms with E-state index in [1.54, 1.807) is 0 Å². The Morgan fingerprint density at radius 2 is 2.00 bits per heavy atom. The molecule has 0 fully saturated rings. The summed E-state index contributed by atoms with van der Waals surface area (Å²) in [7, 11) is -2.27. The third-order valence-electron chi connectivity index (χ3n) is 2.78. The Kier molecular flexibility index (Phi) is 4.95. The molecule has 7 heteroatoms. The highest BCUT2D eigenvalue weighted by atomic mass is 35.5. The van der Waals surface area contributed by atoms with Crippen LogP contribution in [-0.4, -0.2) is 37.4 Å². The number of carboxylic acid groups (broad SMARTS) is 1. The number of nitrogens with zero attached hydrogens (tertiary/aromatic N) is 1. The summed E-state index contributed by atoms with van der Waals surface area (Å²) in [4.78, 5) is 11.0. The van der Waals surface area contributed by atoms with Crippen LogP contribution in [0.25, 0.3) is 0 Å². The number of rotatable bonds is 5. The standard InChI is InChI=1S/C12H16ClNO4S/c1-4-5-14(3)19(17,18)11-7-9(13)6-10(8(11)2)12(15)16/h6-7H,4-5H2,1-3H3,(H,15,16). The van der Waals surface area contributed by atoms with Crippen molar-refractivity contribution in [1.29, 1.82) is 0 Å². The van der Waals surface area contributed by atoms with Crippen LogP contribution in [0.5, 0.6) is 0 Å². The molecule has 1 rings (SSSR count). The molecule has 0 bridgehead atoms. The average Bonchev–Trinajstić information content (AvgIpc) is 2.31. The number of carbonyl (C=O) groups is 1. The number of aromatic carboxylic acids is 1. The van der Waals surface area contributed by atoms with Gasteiger partial charge in [-0.25, -0.2) is 17.5 Å². The fourth-order valence-corrected chi connectivity index (χ4v) is 3.56. The van der Waals surface area contributed by atoms with Crippen LogP contribution < -0.4 is 0 Å². The molecule has 0 atom stereocenters. The summed E-state index contributed by atoms with van der Waals surface area (Å²) >= 11 is 5.81. The van der Waals surface area contributed by atoms with E-state index in [-0.39, 0.29) is 21.0 Å². The highest BCUT2D eigenvalue weighted by Gasteiger charge is 2.25. The smallest absolute Gasteiger partial charge is 0.336 e. The minimum atomic E-state index is -3.72. The molecule has 0 amide bonds. The number of benzene rings is 1. The molecule has 19 heavy (non-hydrogen) atoms. The molecule has 0 unspecified atom stereocenters. The molecule has 0 saturated heterocycles. The van der Waals surface area contributed by atoms with Crippen molar-refractivity contribution in [2.45, 2.75) is 25.2 Å². The van der Waals surface area contributed by atoms with E-state index in [0.717, 1.165) is 0 Å². The fraction of sp³-hybridized carbons (Fsp3) is 0.417. The average molecular weight is 306 g/mol. The minimum absolute atomic E-state index is 0.0617. The Morgan fingerprint density at radius 1 is 1.42 bits per heavy atom. The van der Waals surface area contributed by atoms with Gasteiger partial charge in [-0.3, -0.25) is 0 Å². The summed E-state index contributed by atoms with van der Waals surface area (Å²) in [5.41, 5.74) is 0.0934. The van der Waals surface area contributed by atoms with Crippen molar-refractivity contribution in [1.82, 2.24) is 4.31 Å². The minimum Gasteiger partial charge on any atom is -0.478 e. The van der Waals surface area contributed by atoms with Crippen LogP contribution in [0, 0.1) is 6.92 Å². The highest BCUT2D eigenvalue weighted by Crippen LogP contribution is 2.26. The Morgan fingerprint density at radius 3 is 2.47 bits per heavy atom. The largest absolute Gasteiger partial charge is 0.478 e. The number of hydrogen-bond acceptors (Lipinski definition) is 3. The quantitative estimate of drug-likeness (QED) is 0.906. The topological polar surface area (TPSA) is 74.7 Å². The third kappa shape index (κ3) is 3.26. The molecule has 0 aliphatic carbocycles. The Hall–Kier alpha value is -1.11. The molecule has 1 aromatic carbocycles. The first-order chi connectivity index (χ1) is 8.71. The molecule has 106 valence electrons. The van der Waals surface area contributed by atoms with Gasteiger partial charge in [0.25, 0.3) is 0 Å². The lowest BCUT2D eigenvalue weighted by Gasteiger charge is -2.18. The predicted molar refractivity (Wildman–Crippen MR) is 73.3 cm³/mol. The first-order valence-electron chi connectivity index (χ1n) is 5.71. The van der Waals surface area contributed by atoms with Crippen LogP contribution in [0.2, 0.25) is 5.02 Å². The molecule has 0 spiro atoms. The molecule has 0 saturated carbocycles. The molecule has 5 nitrogen and oxygen atoms in total. The molecule has 0 radical (unpaired) electrons. The van der Waals surface area contributed by atoms with Gasteiger partial charge >= 0.3 is 5.97 Å². The number of halogens is 1. The van der Waals surface area contributed by atoms with Gasteiger partial charge in [-0.2, -0.15) is 0 Å². The zero-order valence-corrected chi connectivity index (χ0v) is 12.5. The maximum absolute atomic E-state index is 12.3. The van der Waals surface area contributed by atoms with E-state index >= 15 is 0 Å². The van der Waals surface area contributed by atoms with Gasteiger partial charge in [-0.05, 0) is 31.0 Å². The second-order valence-electron chi connectivity index (χ2n) is 4.21. The Labute approximate surface area is 117 Å². The molecule has 0 aromatic heterocycles. The Bertz CT molecular complexity index is 598. The number of carboxylic acids is 1. The van der Waals surface area contributed by atoms with Crippen LogP contribution >= 0.6 is 11.6 Å². The zero-order valence-electron chi connectivity index (χ0n) is 11.0. The lowest BCUT2D eigenvalue weighted by molar-refractivity contribution is 0.0696. The van der Waals surface area contributed by atoms with Gasteiger partial charge in [-0.15, -0.1) is 0 Å². The predicted octanol–water partition coefficient (Wildman–Crippen LogP) is 2.38. The van der Waals surface area contributed by atoms with Crippen molar-refractivity contribution in [3.63, 3.8) is 0 Å². The van der Waals surface area contributed by atoms with Crippen molar-refractivity contribution >= 4 is 27.6 Å². The van der Waals surface area contributed by atoms with Gasteiger partial charge in [-0.1, -0.05) is 18.5 Å². The van der Waals surface area contributed by atoms with E-state index in [1.807, 2.05) is 6.92 Å². The van der Waals surface area contributed by atoms with Gasteiger partial charge < -0.3 is 5.11 Å². The van der Waals surface area contributed by atoms with Gasteiger partial charge in [0.15, 0.2) is 0 Å². The van der Waals surface area contributed by atoms with Crippen LogP contribution in [-0.2, 0) is 10.0 Å². The molecular formula is C12H16ClNO4S. The van der Waals surface area contributed by atoms with Crippen LogP contribution in [0.15, 0.2) is 17.0 Å². The van der Waals surface area contributed by atoms with E-state index < -0.39 is 16.0 Å². The molecule has 0 aliphatic rings. The van der Waals surface area contributed by atoms with E-state index in [9.17, 15) is 13.2 Å². The van der Waals surface area contributed by atoms with Gasteiger partial charge in [0.05, 0.1) is 10.5 Å². The summed E-state index contributed by atoms with van der Waals surface area (Å²) < 4.78 is 25.9. The second-order valence-corrected chi connectivity index (χ2v) is 6.66. The van der Waals surface area contributed by atoms with Crippen molar-refractivity contribution < 1.29 is 18.3 Å². The second kappa shape index (κ2) is 5.90. The Balaban J connectivity index is 3.47. The monoisotopic (exact) mass is 305 g/mol. The maximum Gasteiger partial charge on any atom is 0.336 e. The summed E-state index contributed by atoms with van der Waals surface area (Å²) in [5, 5.41) is 9.14. The van der Waals surface area contributed by atoms with Gasteiger partial charge in [0.1, 0.15) is 0 Å². The van der Waals surface area contributed by atoms with Crippen LogP contribution in [0.3, 0.4) is 0 Å². The molecule has 0 aliphatic heterocycles. The van der Waals surface area contributed by atoms with Crippen LogP contribution in [0.4, 0.5) is 0 Å². The van der Waals surface area contributed by atoms with Crippen molar-refractivity contribution in [2.75, 3.05) is 13.6 Å². The fourth-order valence-electron chi connectivity index (χ4n) is 1.75. The number of sulfonamides is 1. The molecule has 0 heterocycles. The van der Waals surface area contributed by atoms with E-state index in [2.05, 4.69) is 0 Å². The first-order valence-corrected chi connectivity index (χ1v) is 7.53. The highest BCUT2D eigenvalue weighted by molar-refractivity contribution is 7.89. The lowest BCUT2D eigenvalue weighted by atomic mass is 10.1. The SMILES string of the molecule is CCCN(C)S(=O)(=O)c1cc(Cl)cc(C(=O)O)c1C. The summed E-state index contributed by atoms with van der Waals surface area (Å²) in [6.07, 6.45) is 0.668. The van der Waals surface area contributed by atoms with E-state index in [0.29, 0.717) is 13.0 Å². The van der Waals surface area contributed by atoms with Crippen molar-refractivity contribution in [2.24, 2.45) is 0 Å². The van der Waals surface area contributed by atoms with E-state index in [1.165, 1.54) is 30.4 Å². The normalized spacial score (nSPS) is 11.8. The summed E-state index contributed by atoms with van der Waals surface area (Å²) in [5.74, 6) is -1.20.